The van der Waals surface area contributed by atoms with E-state index in [-0.39, 0.29) is 0 Å². The smallest absolute Gasteiger partial charge is 0.118 e. The lowest BCUT2D eigenvalue weighted by Crippen LogP contribution is -2.22. The molecule has 0 N–H and O–H groups in total. The molecule has 7 rings (SSSR count). The summed E-state index contributed by atoms with van der Waals surface area (Å²) in [7, 11) is 2.57. The molecule has 0 saturated heterocycles. The highest BCUT2D eigenvalue weighted by atomic mass is 31.1. The maximum Gasteiger partial charge on any atom is 0.118 e. The Kier molecular flexibility index (Phi) is 9.78. The van der Waals surface area contributed by atoms with Gasteiger partial charge in [-0.15, -0.1) is 0 Å². The van der Waals surface area contributed by atoms with Gasteiger partial charge in [-0.05, 0) is 105 Å². The Balaban J connectivity index is 1.50. The monoisotopic (exact) mass is 652 g/mol. The lowest BCUT2D eigenvalue weighted by Gasteiger charge is -2.24. The van der Waals surface area contributed by atoms with Gasteiger partial charge in [-0.25, -0.2) is 0 Å². The van der Waals surface area contributed by atoms with Crippen LogP contribution in [0.25, 0.3) is 33.9 Å². The molecule has 0 aliphatic rings. The van der Waals surface area contributed by atoms with E-state index in [9.17, 15) is 0 Å². The summed E-state index contributed by atoms with van der Waals surface area (Å²) in [5.74, 6) is 1.66. The first kappa shape index (κ1) is 31.9. The highest BCUT2D eigenvalue weighted by Crippen LogP contribution is 2.42. The van der Waals surface area contributed by atoms with Crippen LogP contribution in [0.4, 0.5) is 0 Å². The van der Waals surface area contributed by atoms with Crippen molar-refractivity contribution in [2.75, 3.05) is 14.2 Å². The van der Waals surface area contributed by atoms with Gasteiger partial charge < -0.3 is 9.47 Å². The molecule has 0 radical (unpaired) electrons. The lowest BCUT2D eigenvalue weighted by molar-refractivity contribution is 0.414. The van der Waals surface area contributed by atoms with Crippen molar-refractivity contribution in [1.29, 1.82) is 0 Å². The first-order valence-electron chi connectivity index (χ1n) is 16.4. The zero-order valence-electron chi connectivity index (χ0n) is 27.7. The molecule has 0 bridgehead atoms. The van der Waals surface area contributed by atoms with Gasteiger partial charge >= 0.3 is 0 Å². The van der Waals surface area contributed by atoms with Crippen LogP contribution < -0.4 is 25.4 Å². The summed E-state index contributed by atoms with van der Waals surface area (Å²) in [5, 5.41) is 3.97. The molecule has 0 spiro atoms. The molecule has 0 saturated carbocycles. The third kappa shape index (κ3) is 7.11. The number of benzene rings is 7. The van der Waals surface area contributed by atoms with E-state index in [0.717, 1.165) is 33.8 Å². The van der Waals surface area contributed by atoms with E-state index in [1.807, 2.05) is 24.3 Å². The van der Waals surface area contributed by atoms with Crippen molar-refractivity contribution in [2.24, 2.45) is 0 Å². The topological polar surface area (TPSA) is 18.5 Å². The van der Waals surface area contributed by atoms with E-state index in [1.165, 1.54) is 38.2 Å². The van der Waals surface area contributed by atoms with Crippen molar-refractivity contribution in [3.05, 3.63) is 199 Å². The van der Waals surface area contributed by atoms with Crippen LogP contribution >= 0.6 is 7.92 Å². The molecule has 7 aromatic carbocycles. The van der Waals surface area contributed by atoms with Crippen molar-refractivity contribution >= 4 is 35.5 Å². The van der Waals surface area contributed by atoms with Crippen molar-refractivity contribution in [3.8, 4) is 33.8 Å². The second kappa shape index (κ2) is 15.0. The molecular formula is C46H37O2P. The Morgan fingerprint density at radius 2 is 1.00 bits per heavy atom. The predicted octanol–water partition coefficient (Wildman–Crippen LogP) is 10.4. The van der Waals surface area contributed by atoms with Crippen molar-refractivity contribution in [1.82, 2.24) is 0 Å². The zero-order valence-corrected chi connectivity index (χ0v) is 28.6. The van der Waals surface area contributed by atoms with Gasteiger partial charge in [0.15, 0.2) is 0 Å². The molecule has 0 aliphatic heterocycles. The van der Waals surface area contributed by atoms with Gasteiger partial charge in [-0.2, -0.15) is 0 Å². The molecule has 0 amide bonds. The largest absolute Gasteiger partial charge is 0.497 e. The molecule has 7 aromatic rings. The van der Waals surface area contributed by atoms with E-state index in [1.54, 1.807) is 14.2 Å². The van der Waals surface area contributed by atoms with Gasteiger partial charge in [0.25, 0.3) is 0 Å². The summed E-state index contributed by atoms with van der Waals surface area (Å²) >= 11 is 0. The lowest BCUT2D eigenvalue weighted by atomic mass is 9.87. The normalized spacial score (nSPS) is 11.4. The van der Waals surface area contributed by atoms with Gasteiger partial charge in [0.1, 0.15) is 11.5 Å². The van der Waals surface area contributed by atoms with E-state index in [2.05, 4.69) is 164 Å². The average molecular weight is 653 g/mol. The number of rotatable bonds is 10. The van der Waals surface area contributed by atoms with Crippen molar-refractivity contribution in [2.45, 2.75) is 0 Å². The fourth-order valence-electron chi connectivity index (χ4n) is 6.24. The number of ether oxygens (including phenoxy) is 2. The van der Waals surface area contributed by atoms with E-state index in [4.69, 9.17) is 9.47 Å². The standard InChI is InChI=1S/C46H37O2P/c1-47-38-27-22-34(23-28-38)32-44(36-24-29-39(48-2)30-25-36)45-33-37(35-14-6-3-7-15-35)26-31-42(45)43-20-12-13-21-46(43)49(40-16-8-4-9-17-40)41-18-10-5-11-19-41/h3-33H,1-2H3/b44-32+. The van der Waals surface area contributed by atoms with Crippen LogP contribution in [0, 0.1) is 0 Å². The van der Waals surface area contributed by atoms with Gasteiger partial charge in [0, 0.05) is 0 Å². The van der Waals surface area contributed by atoms with Crippen LogP contribution in [0.5, 0.6) is 11.5 Å². The highest BCUT2D eigenvalue weighted by Gasteiger charge is 2.23. The summed E-state index contributed by atoms with van der Waals surface area (Å²) in [6, 6.07) is 65.0. The van der Waals surface area contributed by atoms with Crippen LogP contribution in [0.3, 0.4) is 0 Å². The minimum Gasteiger partial charge on any atom is -0.497 e. The van der Waals surface area contributed by atoms with Gasteiger partial charge in [-0.3, -0.25) is 0 Å². The van der Waals surface area contributed by atoms with Gasteiger partial charge in [0.05, 0.1) is 14.2 Å². The molecule has 0 unspecified atom stereocenters. The molecule has 0 atom stereocenters. The first-order chi connectivity index (χ1) is 24.2. The number of hydrogen-bond donors (Lipinski definition) is 0. The molecule has 0 fully saturated rings. The fourth-order valence-corrected chi connectivity index (χ4v) is 8.71. The maximum absolute atomic E-state index is 5.56. The molecule has 0 aliphatic carbocycles. The highest BCUT2D eigenvalue weighted by molar-refractivity contribution is 7.80. The molecule has 2 nitrogen and oxygen atoms in total. The van der Waals surface area contributed by atoms with Crippen molar-refractivity contribution < 1.29 is 9.47 Å². The van der Waals surface area contributed by atoms with Crippen LogP contribution in [0.2, 0.25) is 0 Å². The zero-order chi connectivity index (χ0) is 33.4. The van der Waals surface area contributed by atoms with Gasteiger partial charge in [-0.1, -0.05) is 152 Å². The van der Waals surface area contributed by atoms with E-state index >= 15 is 0 Å². The molecule has 0 heterocycles. The fraction of sp³-hybridized carbons (Fsp3) is 0.0435. The van der Waals surface area contributed by atoms with Crippen LogP contribution in [-0.4, -0.2) is 14.2 Å². The summed E-state index contributed by atoms with van der Waals surface area (Å²) in [4.78, 5) is 0. The van der Waals surface area contributed by atoms with Gasteiger partial charge in [0.2, 0.25) is 0 Å². The quantitative estimate of drug-likeness (QED) is 0.108. The third-order valence-corrected chi connectivity index (χ3v) is 11.2. The molecular weight excluding hydrogens is 615 g/mol. The Morgan fingerprint density at radius 1 is 0.469 bits per heavy atom. The number of hydrogen-bond acceptors (Lipinski definition) is 2. The third-order valence-electron chi connectivity index (χ3n) is 8.71. The van der Waals surface area contributed by atoms with E-state index < -0.39 is 7.92 Å². The molecule has 0 aromatic heterocycles. The summed E-state index contributed by atoms with van der Waals surface area (Å²) in [5.41, 5.74) is 9.23. The SMILES string of the molecule is COc1ccc(/C=C(\c2ccc(OC)cc2)c2cc(-c3ccccc3)ccc2-c2ccccc2P(c2ccccc2)c2ccccc2)cc1. The minimum atomic E-state index is -0.838. The van der Waals surface area contributed by atoms with E-state index in [0.29, 0.717) is 0 Å². The summed E-state index contributed by atoms with van der Waals surface area (Å²) in [6.45, 7) is 0. The molecule has 3 heteroatoms. The molecule has 238 valence electrons. The predicted molar refractivity (Wildman–Crippen MR) is 209 cm³/mol. The summed E-state index contributed by atoms with van der Waals surface area (Å²) < 4.78 is 11.0. The number of methoxy groups -OCH3 is 2. The second-order valence-corrected chi connectivity index (χ2v) is 13.9. The Hall–Kier alpha value is -5.69. The Bertz CT molecular complexity index is 2120. The van der Waals surface area contributed by atoms with Crippen molar-refractivity contribution in [3.63, 3.8) is 0 Å². The maximum atomic E-state index is 5.56. The Morgan fingerprint density at radius 3 is 1.59 bits per heavy atom. The van der Waals surface area contributed by atoms with Crippen LogP contribution in [0.15, 0.2) is 182 Å². The summed E-state index contributed by atoms with van der Waals surface area (Å²) in [6.07, 6.45) is 2.29. The average Bonchev–Trinajstić information content (AvgIpc) is 3.18. The van der Waals surface area contributed by atoms with Crippen LogP contribution in [-0.2, 0) is 0 Å². The molecule has 49 heavy (non-hydrogen) atoms. The Labute approximate surface area is 290 Å². The minimum absolute atomic E-state index is 0.826. The second-order valence-electron chi connectivity index (χ2n) is 11.7. The van der Waals surface area contributed by atoms with Crippen LogP contribution in [0.1, 0.15) is 16.7 Å². The first-order valence-corrected chi connectivity index (χ1v) is 17.8.